The van der Waals surface area contributed by atoms with Crippen LogP contribution in [0.2, 0.25) is 5.02 Å². The van der Waals surface area contributed by atoms with Crippen molar-refractivity contribution >= 4 is 35.0 Å². The average molecular weight is 556 g/mol. The molecule has 2 N–H and O–H groups in total. The van der Waals surface area contributed by atoms with E-state index < -0.39 is 6.03 Å². The molecule has 3 aromatic rings. The second-order valence-corrected chi connectivity index (χ2v) is 11.1. The van der Waals surface area contributed by atoms with Crippen LogP contribution in [-0.2, 0) is 10.2 Å². The van der Waals surface area contributed by atoms with Crippen LogP contribution in [0.25, 0.3) is 5.69 Å². The first-order chi connectivity index (χ1) is 18.4. The summed E-state index contributed by atoms with van der Waals surface area (Å²) in [4.78, 5) is 28.1. The van der Waals surface area contributed by atoms with E-state index in [-0.39, 0.29) is 17.9 Å². The summed E-state index contributed by atoms with van der Waals surface area (Å²) in [5.41, 5.74) is 1.81. The third-order valence-corrected chi connectivity index (χ3v) is 6.32. The van der Waals surface area contributed by atoms with Crippen LogP contribution in [0.15, 0.2) is 48.5 Å². The van der Waals surface area contributed by atoms with Crippen LogP contribution < -0.4 is 20.1 Å². The van der Waals surface area contributed by atoms with Crippen molar-refractivity contribution in [2.24, 2.45) is 5.92 Å². The van der Waals surface area contributed by atoms with Gasteiger partial charge in [-0.15, -0.1) is 0 Å². The molecule has 0 aliphatic rings. The van der Waals surface area contributed by atoms with Gasteiger partial charge in [-0.3, -0.25) is 4.79 Å². The molecule has 9 nitrogen and oxygen atoms in total. The minimum atomic E-state index is -0.407. The Hall–Kier alpha value is -3.72. The zero-order valence-electron chi connectivity index (χ0n) is 23.7. The number of nitrogens with zero attached hydrogens (tertiary/aromatic N) is 3. The summed E-state index contributed by atoms with van der Waals surface area (Å²) in [6, 6.07) is 13.8. The molecular formula is C29H38ClN5O4. The number of carbonyl (C=O) groups is 2. The number of ether oxygens (including phenoxy) is 2. The van der Waals surface area contributed by atoms with E-state index in [9.17, 15) is 9.59 Å². The molecule has 0 radical (unpaired) electrons. The maximum Gasteiger partial charge on any atom is 0.322 e. The second-order valence-electron chi connectivity index (χ2n) is 10.7. The number of benzene rings is 2. The highest BCUT2D eigenvalue weighted by Gasteiger charge is 2.24. The molecule has 0 spiro atoms. The first-order valence-corrected chi connectivity index (χ1v) is 13.2. The van der Waals surface area contributed by atoms with E-state index in [1.807, 2.05) is 18.2 Å². The van der Waals surface area contributed by atoms with E-state index in [0.29, 0.717) is 40.5 Å². The van der Waals surface area contributed by atoms with E-state index in [4.69, 9.17) is 26.2 Å². The fourth-order valence-corrected chi connectivity index (χ4v) is 3.86. The van der Waals surface area contributed by atoms with Crippen molar-refractivity contribution in [1.29, 1.82) is 0 Å². The number of methoxy groups -OCH3 is 2. The van der Waals surface area contributed by atoms with Gasteiger partial charge in [0.1, 0.15) is 23.9 Å². The van der Waals surface area contributed by atoms with Gasteiger partial charge in [-0.2, -0.15) is 5.10 Å². The van der Waals surface area contributed by atoms with Crippen molar-refractivity contribution in [3.8, 4) is 17.2 Å². The predicted octanol–water partition coefficient (Wildman–Crippen LogP) is 6.36. The topological polar surface area (TPSA) is 97.7 Å². The Bertz CT molecular complexity index is 1280. The van der Waals surface area contributed by atoms with E-state index in [1.54, 1.807) is 42.1 Å². The Morgan fingerprint density at radius 3 is 2.31 bits per heavy atom. The van der Waals surface area contributed by atoms with Gasteiger partial charge in [0.2, 0.25) is 5.91 Å². The molecule has 1 heterocycles. The molecule has 0 aliphatic carbocycles. The Kier molecular flexibility index (Phi) is 9.86. The van der Waals surface area contributed by atoms with Crippen molar-refractivity contribution in [1.82, 2.24) is 14.7 Å². The second kappa shape index (κ2) is 12.9. The van der Waals surface area contributed by atoms with Gasteiger partial charge >= 0.3 is 6.03 Å². The first kappa shape index (κ1) is 29.8. The van der Waals surface area contributed by atoms with Gasteiger partial charge in [-0.05, 0) is 48.7 Å². The molecule has 0 saturated carbocycles. The van der Waals surface area contributed by atoms with Crippen molar-refractivity contribution in [3.05, 3.63) is 59.2 Å². The highest BCUT2D eigenvalue weighted by molar-refractivity contribution is 6.30. The van der Waals surface area contributed by atoms with Gasteiger partial charge in [0.15, 0.2) is 0 Å². The number of hydrogen-bond donors (Lipinski definition) is 2. The maximum absolute atomic E-state index is 13.3. The summed E-state index contributed by atoms with van der Waals surface area (Å²) in [5, 5.41) is 11.2. The number of hydrogen-bond acceptors (Lipinski definition) is 5. The number of amides is 3. The van der Waals surface area contributed by atoms with E-state index in [2.05, 4.69) is 45.3 Å². The molecule has 3 rings (SSSR count). The molecule has 0 unspecified atom stereocenters. The Morgan fingerprint density at radius 2 is 1.72 bits per heavy atom. The normalized spacial score (nSPS) is 11.3. The Labute approximate surface area is 235 Å². The largest absolute Gasteiger partial charge is 0.497 e. The molecule has 10 heteroatoms. The lowest BCUT2D eigenvalue weighted by Gasteiger charge is -2.24. The zero-order chi connectivity index (χ0) is 28.7. The van der Waals surface area contributed by atoms with E-state index in [1.165, 1.54) is 12.0 Å². The summed E-state index contributed by atoms with van der Waals surface area (Å²) < 4.78 is 12.3. The van der Waals surface area contributed by atoms with E-state index in [0.717, 1.165) is 17.8 Å². The van der Waals surface area contributed by atoms with Gasteiger partial charge < -0.3 is 25.0 Å². The molecule has 0 atom stereocenters. The predicted molar refractivity (Wildman–Crippen MR) is 155 cm³/mol. The number of rotatable bonds is 10. The van der Waals surface area contributed by atoms with Gasteiger partial charge in [-0.25, -0.2) is 9.48 Å². The third-order valence-electron chi connectivity index (χ3n) is 6.06. The van der Waals surface area contributed by atoms with Crippen LogP contribution in [0.3, 0.4) is 0 Å². The number of halogens is 1. The van der Waals surface area contributed by atoms with E-state index >= 15 is 0 Å². The molecule has 39 heavy (non-hydrogen) atoms. The van der Waals surface area contributed by atoms with Crippen molar-refractivity contribution in [3.63, 3.8) is 0 Å². The monoisotopic (exact) mass is 555 g/mol. The Morgan fingerprint density at radius 1 is 1.03 bits per heavy atom. The van der Waals surface area contributed by atoms with Crippen LogP contribution in [-0.4, -0.2) is 53.9 Å². The first-order valence-electron chi connectivity index (χ1n) is 12.9. The molecule has 3 amide bonds. The van der Waals surface area contributed by atoms with Crippen LogP contribution in [0.5, 0.6) is 11.5 Å². The van der Waals surface area contributed by atoms with Gasteiger partial charge in [-0.1, -0.05) is 46.2 Å². The maximum atomic E-state index is 13.3. The highest BCUT2D eigenvalue weighted by atomic mass is 35.5. The van der Waals surface area contributed by atoms with Gasteiger partial charge in [0.05, 0.1) is 31.3 Å². The van der Waals surface area contributed by atoms with Crippen LogP contribution >= 0.6 is 11.6 Å². The highest BCUT2D eigenvalue weighted by Crippen LogP contribution is 2.30. The molecular weight excluding hydrogens is 518 g/mol. The third kappa shape index (κ3) is 8.13. The molecule has 0 aliphatic heterocycles. The summed E-state index contributed by atoms with van der Waals surface area (Å²) in [7, 11) is 3.08. The standard InChI is InChI=1S/C29H38ClN5O4/c1-19(2)14-15-34(28(37)31-23-13-12-22(38-6)16-24(23)39-7)18-27(36)32-26-17-25(29(3,4)5)33-35(26)21-10-8-20(30)9-11-21/h8-13,16-17,19H,14-15,18H2,1-7H3,(H,31,37)(H,32,36). The minimum absolute atomic E-state index is 0.145. The molecule has 210 valence electrons. The summed E-state index contributed by atoms with van der Waals surface area (Å²) in [6.45, 7) is 10.6. The smallest absolute Gasteiger partial charge is 0.322 e. The molecule has 2 aromatic carbocycles. The number of carbonyl (C=O) groups excluding carboxylic acids is 2. The van der Waals surface area contributed by atoms with Crippen molar-refractivity contribution < 1.29 is 19.1 Å². The summed E-state index contributed by atoms with van der Waals surface area (Å²) >= 11 is 6.08. The van der Waals surface area contributed by atoms with Gasteiger partial charge in [0.25, 0.3) is 0 Å². The SMILES string of the molecule is COc1ccc(NC(=O)N(CCC(C)C)CC(=O)Nc2cc(C(C)(C)C)nn2-c2ccc(Cl)cc2)c(OC)c1. The Balaban J connectivity index is 1.83. The minimum Gasteiger partial charge on any atom is -0.497 e. The fraction of sp³-hybridized carbons (Fsp3) is 0.414. The summed E-state index contributed by atoms with van der Waals surface area (Å²) in [6.07, 6.45) is 0.733. The quantitative estimate of drug-likeness (QED) is 0.303. The lowest BCUT2D eigenvalue weighted by atomic mass is 9.92. The molecule has 0 bridgehead atoms. The van der Waals surface area contributed by atoms with Crippen LogP contribution in [0.4, 0.5) is 16.3 Å². The molecule has 0 saturated heterocycles. The van der Waals surface area contributed by atoms with Crippen molar-refractivity contribution in [2.45, 2.75) is 46.5 Å². The molecule has 1 aromatic heterocycles. The average Bonchev–Trinajstić information content (AvgIpc) is 3.31. The lowest BCUT2D eigenvalue weighted by molar-refractivity contribution is -0.116. The lowest BCUT2D eigenvalue weighted by Crippen LogP contribution is -2.41. The van der Waals surface area contributed by atoms with Crippen LogP contribution in [0, 0.1) is 5.92 Å². The van der Waals surface area contributed by atoms with Crippen LogP contribution in [0.1, 0.15) is 46.7 Å². The number of nitrogens with one attached hydrogen (secondary N) is 2. The fourth-order valence-electron chi connectivity index (χ4n) is 3.73. The van der Waals surface area contributed by atoms with Crippen molar-refractivity contribution in [2.75, 3.05) is 37.9 Å². The number of anilines is 2. The number of aromatic nitrogens is 2. The van der Waals surface area contributed by atoms with Gasteiger partial charge in [0, 0.05) is 29.1 Å². The summed E-state index contributed by atoms with van der Waals surface area (Å²) in [5.74, 6) is 1.57. The molecule has 0 fully saturated rings. The number of urea groups is 1. The zero-order valence-corrected chi connectivity index (χ0v) is 24.4.